The number of rotatable bonds is 7. The standard InChI is InChI=1S/C16H27N5O2/c1-5-21-11-13(9-17-21)10-19(4)16(23)14-8-15(22)20(12-14)7-6-18(2)3/h9,11,14H,5-8,10,12H2,1-4H3/t14-/m1/s1. The lowest BCUT2D eigenvalue weighted by molar-refractivity contribution is -0.135. The van der Waals surface area contributed by atoms with Gasteiger partial charge in [-0.25, -0.2) is 0 Å². The molecule has 7 nitrogen and oxygen atoms in total. The Bertz CT molecular complexity index is 554. The van der Waals surface area contributed by atoms with E-state index in [4.69, 9.17) is 0 Å². The van der Waals surface area contributed by atoms with Gasteiger partial charge in [-0.3, -0.25) is 14.3 Å². The lowest BCUT2D eigenvalue weighted by atomic mass is 10.1. The van der Waals surface area contributed by atoms with Gasteiger partial charge in [-0.05, 0) is 21.0 Å². The molecule has 0 aromatic carbocycles. The fraction of sp³-hybridized carbons (Fsp3) is 0.688. The molecule has 1 aliphatic rings. The molecule has 2 heterocycles. The number of nitrogens with zero attached hydrogens (tertiary/aromatic N) is 5. The van der Waals surface area contributed by atoms with Crippen molar-refractivity contribution in [3.05, 3.63) is 18.0 Å². The van der Waals surface area contributed by atoms with Crippen LogP contribution in [0.1, 0.15) is 18.9 Å². The van der Waals surface area contributed by atoms with Crippen molar-refractivity contribution >= 4 is 11.8 Å². The summed E-state index contributed by atoms with van der Waals surface area (Å²) in [5, 5.41) is 4.22. The van der Waals surface area contributed by atoms with E-state index in [-0.39, 0.29) is 17.7 Å². The predicted octanol–water partition coefficient (Wildman–Crippen LogP) is 0.272. The first-order chi connectivity index (χ1) is 10.9. The molecule has 0 N–H and O–H groups in total. The molecule has 1 aromatic heterocycles. The molecular formula is C16H27N5O2. The predicted molar refractivity (Wildman–Crippen MR) is 87.6 cm³/mol. The number of hydrogen-bond donors (Lipinski definition) is 0. The van der Waals surface area contributed by atoms with E-state index in [0.29, 0.717) is 26.1 Å². The number of aryl methyl sites for hydroxylation is 1. The Kier molecular flexibility index (Phi) is 5.76. The van der Waals surface area contributed by atoms with Gasteiger partial charge in [0, 0.05) is 58.0 Å². The highest BCUT2D eigenvalue weighted by Crippen LogP contribution is 2.20. The van der Waals surface area contributed by atoms with Crippen LogP contribution in [0.15, 0.2) is 12.4 Å². The third-order valence-corrected chi connectivity index (χ3v) is 4.19. The molecule has 2 amide bonds. The Morgan fingerprint density at radius 1 is 1.39 bits per heavy atom. The van der Waals surface area contributed by atoms with E-state index in [0.717, 1.165) is 18.7 Å². The van der Waals surface area contributed by atoms with E-state index in [1.165, 1.54) is 0 Å². The summed E-state index contributed by atoms with van der Waals surface area (Å²) in [6.07, 6.45) is 4.06. The Morgan fingerprint density at radius 2 is 2.13 bits per heavy atom. The van der Waals surface area contributed by atoms with Crippen LogP contribution >= 0.6 is 0 Å². The summed E-state index contributed by atoms with van der Waals surface area (Å²) in [4.78, 5) is 30.2. The van der Waals surface area contributed by atoms with Crippen LogP contribution in [0.25, 0.3) is 0 Å². The SMILES string of the molecule is CCn1cc(CN(C)C(=O)[C@@H]2CC(=O)N(CCN(C)C)C2)cn1. The van der Waals surface area contributed by atoms with Crippen LogP contribution in [-0.4, -0.2) is 77.1 Å². The third-order valence-electron chi connectivity index (χ3n) is 4.19. The average Bonchev–Trinajstić information content (AvgIpc) is 3.10. The van der Waals surface area contributed by atoms with Crippen molar-refractivity contribution in [1.82, 2.24) is 24.5 Å². The van der Waals surface area contributed by atoms with Crippen LogP contribution in [0.3, 0.4) is 0 Å². The summed E-state index contributed by atoms with van der Waals surface area (Å²) in [6, 6.07) is 0. The lowest BCUT2D eigenvalue weighted by Gasteiger charge is -2.21. The van der Waals surface area contributed by atoms with Gasteiger partial charge in [0.15, 0.2) is 0 Å². The molecular weight excluding hydrogens is 294 g/mol. The van der Waals surface area contributed by atoms with Crippen LogP contribution in [0.4, 0.5) is 0 Å². The van der Waals surface area contributed by atoms with Crippen molar-refractivity contribution in [3.8, 4) is 0 Å². The molecule has 2 rings (SSSR count). The smallest absolute Gasteiger partial charge is 0.228 e. The van der Waals surface area contributed by atoms with Gasteiger partial charge >= 0.3 is 0 Å². The maximum Gasteiger partial charge on any atom is 0.228 e. The number of likely N-dealkylation sites (N-methyl/N-ethyl adjacent to an activating group) is 1. The summed E-state index contributed by atoms with van der Waals surface area (Å²) in [5.41, 5.74) is 1.01. The van der Waals surface area contributed by atoms with Gasteiger partial charge < -0.3 is 14.7 Å². The number of hydrogen-bond acceptors (Lipinski definition) is 4. The maximum absolute atomic E-state index is 12.6. The summed E-state index contributed by atoms with van der Waals surface area (Å²) in [5.74, 6) is -0.108. The second kappa shape index (κ2) is 7.59. The first-order valence-corrected chi connectivity index (χ1v) is 8.09. The minimum Gasteiger partial charge on any atom is -0.341 e. The monoisotopic (exact) mass is 321 g/mol. The zero-order chi connectivity index (χ0) is 17.0. The molecule has 1 aliphatic heterocycles. The summed E-state index contributed by atoms with van der Waals surface area (Å²) in [6.45, 7) is 5.40. The second-order valence-corrected chi connectivity index (χ2v) is 6.44. The molecule has 0 aliphatic carbocycles. The number of carbonyl (C=O) groups excluding carboxylic acids is 2. The summed E-state index contributed by atoms with van der Waals surface area (Å²) in [7, 11) is 5.75. The van der Waals surface area contributed by atoms with Crippen LogP contribution in [0, 0.1) is 5.92 Å². The van der Waals surface area contributed by atoms with Gasteiger partial charge in [0.1, 0.15) is 0 Å². The number of amides is 2. The molecule has 23 heavy (non-hydrogen) atoms. The van der Waals surface area contributed by atoms with Gasteiger partial charge in [-0.15, -0.1) is 0 Å². The molecule has 0 unspecified atom stereocenters. The maximum atomic E-state index is 12.6. The Hall–Kier alpha value is -1.89. The molecule has 1 atom stereocenters. The number of likely N-dealkylation sites (tertiary alicyclic amines) is 1. The van der Waals surface area contributed by atoms with Gasteiger partial charge in [0.2, 0.25) is 11.8 Å². The average molecular weight is 321 g/mol. The highest BCUT2D eigenvalue weighted by molar-refractivity contribution is 5.89. The van der Waals surface area contributed by atoms with Crippen LogP contribution < -0.4 is 0 Å². The fourth-order valence-corrected chi connectivity index (χ4v) is 2.80. The van der Waals surface area contributed by atoms with Gasteiger partial charge in [0.25, 0.3) is 0 Å². The van der Waals surface area contributed by atoms with E-state index in [9.17, 15) is 9.59 Å². The quantitative estimate of drug-likeness (QED) is 0.723. The fourth-order valence-electron chi connectivity index (χ4n) is 2.80. The number of aromatic nitrogens is 2. The van der Waals surface area contributed by atoms with Crippen molar-refractivity contribution in [2.75, 3.05) is 40.8 Å². The van der Waals surface area contributed by atoms with Crippen LogP contribution in [-0.2, 0) is 22.7 Å². The number of carbonyl (C=O) groups is 2. The second-order valence-electron chi connectivity index (χ2n) is 6.44. The molecule has 7 heteroatoms. The van der Waals surface area contributed by atoms with E-state index in [1.807, 2.05) is 36.8 Å². The Labute approximate surface area is 137 Å². The van der Waals surface area contributed by atoms with Crippen molar-refractivity contribution in [2.45, 2.75) is 26.4 Å². The first-order valence-electron chi connectivity index (χ1n) is 8.09. The Balaban J connectivity index is 1.88. The summed E-state index contributed by atoms with van der Waals surface area (Å²) >= 11 is 0. The van der Waals surface area contributed by atoms with Crippen molar-refractivity contribution < 1.29 is 9.59 Å². The highest BCUT2D eigenvalue weighted by Gasteiger charge is 2.35. The van der Waals surface area contributed by atoms with Crippen LogP contribution in [0.2, 0.25) is 0 Å². The molecule has 128 valence electrons. The van der Waals surface area contributed by atoms with E-state index in [1.54, 1.807) is 23.0 Å². The topological polar surface area (TPSA) is 61.7 Å². The molecule has 0 spiro atoms. The minimum atomic E-state index is -0.226. The third kappa shape index (κ3) is 4.54. The first kappa shape index (κ1) is 17.5. The normalized spacial score (nSPS) is 18.0. The molecule has 0 radical (unpaired) electrons. The highest BCUT2D eigenvalue weighted by atomic mass is 16.2. The van der Waals surface area contributed by atoms with Gasteiger partial charge in [0.05, 0.1) is 12.1 Å². The molecule has 1 saturated heterocycles. The van der Waals surface area contributed by atoms with Gasteiger partial charge in [-0.2, -0.15) is 5.10 Å². The summed E-state index contributed by atoms with van der Waals surface area (Å²) < 4.78 is 1.84. The molecule has 0 saturated carbocycles. The molecule has 1 fully saturated rings. The van der Waals surface area contributed by atoms with Crippen LogP contribution in [0.5, 0.6) is 0 Å². The van der Waals surface area contributed by atoms with Crippen molar-refractivity contribution in [3.63, 3.8) is 0 Å². The van der Waals surface area contributed by atoms with Gasteiger partial charge in [-0.1, -0.05) is 0 Å². The minimum absolute atomic E-state index is 0.0370. The Morgan fingerprint density at radius 3 is 2.74 bits per heavy atom. The van der Waals surface area contributed by atoms with Crippen molar-refractivity contribution in [2.24, 2.45) is 5.92 Å². The largest absolute Gasteiger partial charge is 0.341 e. The molecule has 0 bridgehead atoms. The van der Waals surface area contributed by atoms with E-state index < -0.39 is 0 Å². The zero-order valence-corrected chi connectivity index (χ0v) is 14.5. The zero-order valence-electron chi connectivity index (χ0n) is 14.5. The van der Waals surface area contributed by atoms with Crippen molar-refractivity contribution in [1.29, 1.82) is 0 Å². The van der Waals surface area contributed by atoms with E-state index >= 15 is 0 Å². The lowest BCUT2D eigenvalue weighted by Crippen LogP contribution is -2.36. The van der Waals surface area contributed by atoms with E-state index in [2.05, 4.69) is 5.10 Å². The molecule has 1 aromatic rings.